The van der Waals surface area contributed by atoms with Gasteiger partial charge in [0.15, 0.2) is 0 Å². The number of hydrogen-bond acceptors (Lipinski definition) is 5. The first-order valence-corrected chi connectivity index (χ1v) is 10.7. The predicted molar refractivity (Wildman–Crippen MR) is 109 cm³/mol. The summed E-state index contributed by atoms with van der Waals surface area (Å²) in [5.74, 6) is -0.280. The number of methoxy groups -OCH3 is 1. The van der Waals surface area contributed by atoms with Crippen molar-refractivity contribution in [3.8, 4) is 0 Å². The van der Waals surface area contributed by atoms with E-state index in [0.717, 1.165) is 30.9 Å². The highest BCUT2D eigenvalue weighted by Crippen LogP contribution is 2.30. The van der Waals surface area contributed by atoms with E-state index in [0.29, 0.717) is 5.56 Å². The molecular formula is C20H25N3O4S. The van der Waals surface area contributed by atoms with Gasteiger partial charge in [0.1, 0.15) is 0 Å². The van der Waals surface area contributed by atoms with E-state index in [2.05, 4.69) is 21.9 Å². The normalized spacial score (nSPS) is 13.4. The second kappa shape index (κ2) is 8.72. The summed E-state index contributed by atoms with van der Waals surface area (Å²) in [6.45, 7) is 4.51. The Kier molecular flexibility index (Phi) is 6.33. The van der Waals surface area contributed by atoms with Crippen LogP contribution in [0.1, 0.15) is 22.8 Å². The molecule has 0 radical (unpaired) electrons. The molecule has 150 valence electrons. The first-order valence-electron chi connectivity index (χ1n) is 9.22. The van der Waals surface area contributed by atoms with Crippen molar-refractivity contribution in [1.82, 2.24) is 4.72 Å². The number of nitrogens with zero attached hydrogens (tertiary/aromatic N) is 1. The Balaban J connectivity index is 1.69. The summed E-state index contributed by atoms with van der Waals surface area (Å²) in [5.41, 5.74) is 3.56. The van der Waals surface area contributed by atoms with Gasteiger partial charge in [-0.1, -0.05) is 6.07 Å². The first kappa shape index (κ1) is 20.3. The maximum absolute atomic E-state index is 12.5. The molecule has 0 unspecified atom stereocenters. The number of likely N-dealkylation sites (N-methyl/N-ethyl adjacent to an activating group) is 1. The van der Waals surface area contributed by atoms with Gasteiger partial charge in [0.25, 0.3) is 5.91 Å². The number of carbonyl (C=O) groups excluding carboxylic acids is 1. The standard InChI is InChI=1S/C20H25N3O4S/c1-3-23-12-10-15-4-7-17(14-19(15)23)22-20(24)16-5-8-18(9-6-16)28(25,26)21-11-13-27-2/h4-9,14,21H,3,10-13H2,1-2H3,(H,22,24). The van der Waals surface area contributed by atoms with Gasteiger partial charge in [-0.3, -0.25) is 4.79 Å². The molecule has 1 heterocycles. The number of amides is 1. The third-order valence-electron chi connectivity index (χ3n) is 4.74. The van der Waals surface area contributed by atoms with Crippen molar-refractivity contribution in [2.75, 3.05) is 43.6 Å². The third-order valence-corrected chi connectivity index (χ3v) is 6.22. The summed E-state index contributed by atoms with van der Waals surface area (Å²) in [4.78, 5) is 14.9. The van der Waals surface area contributed by atoms with Crippen molar-refractivity contribution in [2.45, 2.75) is 18.2 Å². The lowest BCUT2D eigenvalue weighted by atomic mass is 10.1. The quantitative estimate of drug-likeness (QED) is 0.660. The minimum atomic E-state index is -3.62. The maximum atomic E-state index is 12.5. The van der Waals surface area contributed by atoms with Gasteiger partial charge in [-0.2, -0.15) is 0 Å². The Morgan fingerprint density at radius 2 is 1.93 bits per heavy atom. The molecule has 7 nitrogen and oxygen atoms in total. The van der Waals surface area contributed by atoms with E-state index in [-0.39, 0.29) is 24.0 Å². The van der Waals surface area contributed by atoms with Crippen LogP contribution in [0.3, 0.4) is 0 Å². The van der Waals surface area contributed by atoms with Crippen LogP contribution in [0.2, 0.25) is 0 Å². The average molecular weight is 404 g/mol. The SMILES string of the molecule is CCN1CCc2ccc(NC(=O)c3ccc(S(=O)(=O)NCCOC)cc3)cc21. The zero-order valence-electron chi connectivity index (χ0n) is 16.1. The number of hydrogen-bond donors (Lipinski definition) is 2. The van der Waals surface area contributed by atoms with E-state index in [1.54, 1.807) is 0 Å². The molecule has 1 aliphatic rings. The molecule has 0 bridgehead atoms. The number of carbonyl (C=O) groups is 1. The molecule has 2 aromatic carbocycles. The molecule has 28 heavy (non-hydrogen) atoms. The van der Waals surface area contributed by atoms with Crippen molar-refractivity contribution < 1.29 is 17.9 Å². The zero-order valence-corrected chi connectivity index (χ0v) is 16.9. The molecule has 0 spiro atoms. The monoisotopic (exact) mass is 403 g/mol. The number of benzene rings is 2. The number of ether oxygens (including phenoxy) is 1. The Morgan fingerprint density at radius 3 is 2.61 bits per heavy atom. The summed E-state index contributed by atoms with van der Waals surface area (Å²) in [6.07, 6.45) is 1.02. The molecule has 8 heteroatoms. The smallest absolute Gasteiger partial charge is 0.255 e. The molecule has 0 aliphatic carbocycles. The third kappa shape index (κ3) is 4.52. The molecule has 0 atom stereocenters. The van der Waals surface area contributed by atoms with Crippen LogP contribution in [0.5, 0.6) is 0 Å². The fraction of sp³-hybridized carbons (Fsp3) is 0.350. The second-order valence-corrected chi connectivity index (χ2v) is 8.31. The van der Waals surface area contributed by atoms with Crippen LogP contribution in [0.15, 0.2) is 47.4 Å². The molecular weight excluding hydrogens is 378 g/mol. The number of sulfonamides is 1. The first-order chi connectivity index (χ1) is 13.4. The van der Waals surface area contributed by atoms with Gasteiger partial charge in [0, 0.05) is 43.7 Å². The Hall–Kier alpha value is -2.42. The topological polar surface area (TPSA) is 87.7 Å². The number of rotatable bonds is 8. The van der Waals surface area contributed by atoms with Gasteiger partial charge in [-0.15, -0.1) is 0 Å². The van der Waals surface area contributed by atoms with Gasteiger partial charge in [0.05, 0.1) is 11.5 Å². The van der Waals surface area contributed by atoms with E-state index in [1.165, 1.54) is 36.9 Å². The van der Waals surface area contributed by atoms with Crippen LogP contribution in [0, 0.1) is 0 Å². The van der Waals surface area contributed by atoms with Gasteiger partial charge in [-0.25, -0.2) is 13.1 Å². The minimum Gasteiger partial charge on any atom is -0.383 e. The molecule has 0 aromatic heterocycles. The summed E-state index contributed by atoms with van der Waals surface area (Å²) < 4.78 is 31.6. The molecule has 2 aromatic rings. The lowest BCUT2D eigenvalue weighted by molar-refractivity contribution is 0.102. The van der Waals surface area contributed by atoms with Crippen LogP contribution in [0.4, 0.5) is 11.4 Å². The van der Waals surface area contributed by atoms with Crippen molar-refractivity contribution in [1.29, 1.82) is 0 Å². The fourth-order valence-corrected chi connectivity index (χ4v) is 4.21. The van der Waals surface area contributed by atoms with Crippen LogP contribution in [-0.4, -0.2) is 47.7 Å². The zero-order chi connectivity index (χ0) is 20.1. The van der Waals surface area contributed by atoms with Gasteiger partial charge in [-0.05, 0) is 55.3 Å². The Labute approximate surface area is 165 Å². The Morgan fingerprint density at radius 1 is 1.18 bits per heavy atom. The van der Waals surface area contributed by atoms with Crippen LogP contribution >= 0.6 is 0 Å². The van der Waals surface area contributed by atoms with Crippen molar-refractivity contribution in [2.24, 2.45) is 0 Å². The van der Waals surface area contributed by atoms with Crippen molar-refractivity contribution in [3.05, 3.63) is 53.6 Å². The fourth-order valence-electron chi connectivity index (χ4n) is 3.20. The lowest BCUT2D eigenvalue weighted by Crippen LogP contribution is -2.27. The molecule has 0 saturated heterocycles. The van der Waals surface area contributed by atoms with Gasteiger partial charge in [0.2, 0.25) is 10.0 Å². The van der Waals surface area contributed by atoms with Crippen molar-refractivity contribution in [3.63, 3.8) is 0 Å². The summed E-state index contributed by atoms with van der Waals surface area (Å²) in [7, 11) is -2.11. The summed E-state index contributed by atoms with van der Waals surface area (Å²) >= 11 is 0. The van der Waals surface area contributed by atoms with Crippen LogP contribution in [-0.2, 0) is 21.2 Å². The van der Waals surface area contributed by atoms with E-state index in [1.807, 2.05) is 18.2 Å². The molecule has 1 amide bonds. The van der Waals surface area contributed by atoms with E-state index >= 15 is 0 Å². The van der Waals surface area contributed by atoms with Crippen LogP contribution in [0.25, 0.3) is 0 Å². The highest BCUT2D eigenvalue weighted by molar-refractivity contribution is 7.89. The second-order valence-electron chi connectivity index (χ2n) is 6.54. The molecule has 1 aliphatic heterocycles. The maximum Gasteiger partial charge on any atom is 0.255 e. The van der Waals surface area contributed by atoms with Crippen LogP contribution < -0.4 is 14.9 Å². The Bertz CT molecular complexity index is 942. The number of anilines is 2. The van der Waals surface area contributed by atoms with Crippen molar-refractivity contribution >= 4 is 27.3 Å². The predicted octanol–water partition coefficient (Wildman–Crippen LogP) is 2.25. The van der Waals surface area contributed by atoms with Gasteiger partial charge >= 0.3 is 0 Å². The largest absolute Gasteiger partial charge is 0.383 e. The number of nitrogens with one attached hydrogen (secondary N) is 2. The lowest BCUT2D eigenvalue weighted by Gasteiger charge is -2.17. The highest BCUT2D eigenvalue weighted by atomic mass is 32.2. The summed E-state index contributed by atoms with van der Waals surface area (Å²) in [5, 5.41) is 2.89. The number of fused-ring (bicyclic) bond motifs is 1. The molecule has 3 rings (SSSR count). The molecule has 0 fully saturated rings. The highest BCUT2D eigenvalue weighted by Gasteiger charge is 2.19. The minimum absolute atomic E-state index is 0.108. The van der Waals surface area contributed by atoms with E-state index in [4.69, 9.17) is 4.74 Å². The van der Waals surface area contributed by atoms with Gasteiger partial charge < -0.3 is 15.0 Å². The van der Waals surface area contributed by atoms with E-state index in [9.17, 15) is 13.2 Å². The average Bonchev–Trinajstić information content (AvgIpc) is 3.10. The molecule has 2 N–H and O–H groups in total. The summed E-state index contributed by atoms with van der Waals surface area (Å²) in [6, 6.07) is 11.8. The molecule has 0 saturated carbocycles. The van der Waals surface area contributed by atoms with E-state index < -0.39 is 10.0 Å².